The molecule has 0 amide bonds. The largest absolute Gasteiger partial charge is 0.430 e. The van der Waals surface area contributed by atoms with Crippen molar-refractivity contribution in [1.29, 1.82) is 0 Å². The number of benzene rings is 3. The number of nitrogens with two attached hydrogens (primary N) is 1. The Kier molecular flexibility index (Phi) is 17.1. The summed E-state index contributed by atoms with van der Waals surface area (Å²) in [5.74, 6) is 0. The normalized spacial score (nSPS) is 15.7. The van der Waals surface area contributed by atoms with Crippen LogP contribution >= 0.6 is 0 Å². The maximum atomic E-state index is 15.0. The van der Waals surface area contributed by atoms with Gasteiger partial charge in [-0.3, -0.25) is 0 Å². The molecule has 0 aliphatic carbocycles. The second kappa shape index (κ2) is 19.8. The molecule has 36 heteroatoms. The Morgan fingerprint density at radius 1 is 0.370 bits per heavy atom. The molecule has 3 aromatic carbocycles. The van der Waals surface area contributed by atoms with E-state index in [1.165, 1.54) is 0 Å². The molecule has 0 fully saturated rings. The van der Waals surface area contributed by atoms with Crippen LogP contribution in [0.2, 0.25) is 0 Å². The molecule has 0 radical (unpaired) electrons. The van der Waals surface area contributed by atoms with Crippen molar-refractivity contribution in [2.45, 2.75) is 155 Å². The van der Waals surface area contributed by atoms with Gasteiger partial charge in [0, 0.05) is 39.6 Å². The van der Waals surface area contributed by atoms with E-state index in [1.54, 1.807) is 0 Å². The summed E-state index contributed by atoms with van der Waals surface area (Å²) in [7, 11) is 0. The lowest BCUT2D eigenvalue weighted by Crippen LogP contribution is -2.58. The number of nitrogen functional groups attached to an aromatic ring is 1. The van der Waals surface area contributed by atoms with E-state index >= 15 is 26.3 Å². The molecule has 7 N–H and O–H groups in total. The Bertz CT molecular complexity index is 2810. The van der Waals surface area contributed by atoms with E-state index in [1.807, 2.05) is 0 Å². The second-order valence-electron chi connectivity index (χ2n) is 19.5. The van der Waals surface area contributed by atoms with Gasteiger partial charge in [-0.2, -0.15) is 132 Å². The topological polar surface area (TPSA) is 127 Å². The molecule has 0 atom stereocenters. The molecular formula is C45H37F30NO5. The molecule has 0 aliphatic heterocycles. The number of anilines is 1. The number of rotatable bonds is 11. The first kappa shape index (κ1) is 70.2. The van der Waals surface area contributed by atoms with Crippen LogP contribution in [-0.2, 0) is 27.6 Å². The molecule has 462 valence electrons. The second-order valence-corrected chi connectivity index (χ2v) is 19.5. The van der Waals surface area contributed by atoms with E-state index in [-0.39, 0.29) is 25.1 Å². The van der Waals surface area contributed by atoms with Gasteiger partial charge in [-0.25, -0.2) is 0 Å². The first-order valence-corrected chi connectivity index (χ1v) is 21.3. The molecular weight excluding hydrogens is 1200 g/mol. The van der Waals surface area contributed by atoms with Gasteiger partial charge in [0.2, 0.25) is 0 Å². The molecule has 0 heterocycles. The van der Waals surface area contributed by atoms with Crippen LogP contribution < -0.4 is 5.73 Å². The van der Waals surface area contributed by atoms with Gasteiger partial charge in [-0.1, -0.05) is 58.0 Å². The van der Waals surface area contributed by atoms with E-state index in [0.29, 0.717) is 47.6 Å². The average molecular weight is 1240 g/mol. The van der Waals surface area contributed by atoms with Crippen LogP contribution in [0.3, 0.4) is 0 Å². The standard InChI is InChI=1S/C45H37F30NO5/c1-16-8-20(11-23(33(79,40(58,59)60)41(61,62)63)26(16)19(14-31(77,36(46,47)48)37(49,50)51)15-32(78,38(52,53)54)39(55,56)57)29(4,5)21-9-17(2)27(24(12-21)34(80,42(64,65)66)43(67,68)69)30(6,7)22-10-18(3)28(76)25(13-22)35(81,44(70,71)72)45(73,74)75/h8-14,77-81H,15,76H2,1-7H3/b19-14+. The SMILES string of the molecule is Cc1cc(C(C)(C)c2c(C)cc(C(C)(C)c3cc(C)c(/C(=C/C(O)(C(F)(F)F)C(F)(F)F)CC(O)(C(F)(F)F)C(F)(F)F)c(C(O)(C(F)(F)F)C(F)(F)F)c3)cc2C(O)(C(F)(F)F)C(F)(F)F)cc(C(O)(C(F)(F)F)C(F)(F)F)c1N. The number of hydrogen-bond donors (Lipinski definition) is 6. The van der Waals surface area contributed by atoms with E-state index < -0.39 is 198 Å². The number of alkyl halides is 30. The summed E-state index contributed by atoms with van der Waals surface area (Å²) in [5.41, 5.74) is -60.7. The summed E-state index contributed by atoms with van der Waals surface area (Å²) < 4.78 is 434. The number of aliphatic hydroxyl groups is 5. The fraction of sp³-hybridized carbons (Fsp3) is 0.556. The molecule has 0 aliphatic rings. The minimum Gasteiger partial charge on any atom is -0.398 e. The Hall–Kier alpha value is -5.10. The van der Waals surface area contributed by atoms with Crippen molar-refractivity contribution in [3.63, 3.8) is 0 Å². The molecule has 0 unspecified atom stereocenters. The predicted octanol–water partition coefficient (Wildman–Crippen LogP) is 14.3. The summed E-state index contributed by atoms with van der Waals surface area (Å²) >= 11 is 0. The lowest BCUT2D eigenvalue weighted by molar-refractivity contribution is -0.377. The maximum absolute atomic E-state index is 15.0. The Balaban J connectivity index is 2.92. The van der Waals surface area contributed by atoms with Crippen LogP contribution in [0.4, 0.5) is 137 Å². The zero-order valence-corrected chi connectivity index (χ0v) is 40.9. The molecule has 0 spiro atoms. The lowest BCUT2D eigenvalue weighted by Gasteiger charge is -2.41. The fourth-order valence-electron chi connectivity index (χ4n) is 8.72. The van der Waals surface area contributed by atoms with Crippen molar-refractivity contribution in [3.05, 3.63) is 104 Å². The summed E-state index contributed by atoms with van der Waals surface area (Å²) in [6, 6.07) is -1.21. The zero-order valence-electron chi connectivity index (χ0n) is 40.9. The van der Waals surface area contributed by atoms with Crippen molar-refractivity contribution in [3.8, 4) is 0 Å². The highest BCUT2D eigenvalue weighted by atomic mass is 19.5. The van der Waals surface area contributed by atoms with Crippen molar-refractivity contribution in [2.75, 3.05) is 5.73 Å². The van der Waals surface area contributed by atoms with Crippen LogP contribution in [0.15, 0.2) is 42.5 Å². The summed E-state index contributed by atoms with van der Waals surface area (Å²) in [4.78, 5) is 0. The summed E-state index contributed by atoms with van der Waals surface area (Å²) in [5, 5.41) is 51.8. The van der Waals surface area contributed by atoms with Crippen molar-refractivity contribution in [1.82, 2.24) is 0 Å². The van der Waals surface area contributed by atoms with Crippen molar-refractivity contribution in [2.24, 2.45) is 0 Å². The van der Waals surface area contributed by atoms with Crippen molar-refractivity contribution < 1.29 is 157 Å². The first-order chi connectivity index (χ1) is 35.1. The number of halogens is 30. The zero-order chi connectivity index (χ0) is 64.7. The third kappa shape index (κ3) is 11.2. The predicted molar refractivity (Wildman–Crippen MR) is 217 cm³/mol. The van der Waals surface area contributed by atoms with Gasteiger partial charge in [-0.05, 0) is 83.0 Å². The van der Waals surface area contributed by atoms with E-state index in [9.17, 15) is 131 Å². The quantitative estimate of drug-likeness (QED) is 0.0839. The number of aryl methyl sites for hydroxylation is 3. The van der Waals surface area contributed by atoms with Crippen LogP contribution in [-0.4, -0.2) is 98.5 Å². The van der Waals surface area contributed by atoms with Crippen LogP contribution in [0, 0.1) is 20.8 Å². The Labute approximate surface area is 433 Å². The third-order valence-electron chi connectivity index (χ3n) is 13.4. The molecule has 0 bridgehead atoms. The highest BCUT2D eigenvalue weighted by Gasteiger charge is 2.77. The highest BCUT2D eigenvalue weighted by molar-refractivity contribution is 5.75. The summed E-state index contributed by atoms with van der Waals surface area (Å²) in [6.07, 6.45) is -79.4. The molecule has 0 saturated carbocycles. The van der Waals surface area contributed by atoms with Gasteiger partial charge in [0.05, 0.1) is 0 Å². The van der Waals surface area contributed by atoms with Gasteiger partial charge < -0.3 is 31.3 Å². The minimum atomic E-state index is -7.60. The molecule has 3 rings (SSSR count). The van der Waals surface area contributed by atoms with Gasteiger partial charge in [0.1, 0.15) is 0 Å². The number of hydrogen-bond acceptors (Lipinski definition) is 6. The molecule has 6 nitrogen and oxygen atoms in total. The summed E-state index contributed by atoms with van der Waals surface area (Å²) in [6.45, 7) is 2.44. The van der Waals surface area contributed by atoms with E-state index in [0.717, 1.165) is 0 Å². The fourth-order valence-corrected chi connectivity index (χ4v) is 8.72. The smallest absolute Gasteiger partial charge is 0.398 e. The van der Waals surface area contributed by atoms with Gasteiger partial charge in [-0.15, -0.1) is 0 Å². The van der Waals surface area contributed by atoms with Crippen LogP contribution in [0.1, 0.15) is 95.3 Å². The molecule has 0 saturated heterocycles. The van der Waals surface area contributed by atoms with E-state index in [4.69, 9.17) is 5.73 Å². The van der Waals surface area contributed by atoms with E-state index in [2.05, 4.69) is 0 Å². The minimum absolute atomic E-state index is 0.157. The van der Waals surface area contributed by atoms with Gasteiger partial charge in [0.25, 0.3) is 28.0 Å². The Morgan fingerprint density at radius 3 is 0.988 bits per heavy atom. The molecule has 0 aromatic heterocycles. The average Bonchev–Trinajstić information content (AvgIpc) is 3.21. The first-order valence-electron chi connectivity index (χ1n) is 21.3. The van der Waals surface area contributed by atoms with Crippen molar-refractivity contribution >= 4 is 11.3 Å². The van der Waals surface area contributed by atoms with Gasteiger partial charge in [0.15, 0.2) is 0 Å². The molecule has 81 heavy (non-hydrogen) atoms. The van der Waals surface area contributed by atoms with Crippen LogP contribution in [0.5, 0.6) is 0 Å². The highest BCUT2D eigenvalue weighted by Crippen LogP contribution is 2.60. The maximum Gasteiger partial charge on any atom is 0.430 e. The lowest BCUT2D eigenvalue weighted by atomic mass is 9.66. The van der Waals surface area contributed by atoms with Crippen LogP contribution in [0.25, 0.3) is 5.57 Å². The third-order valence-corrected chi connectivity index (χ3v) is 13.4. The monoisotopic (exact) mass is 1240 g/mol. The van der Waals surface area contributed by atoms with Gasteiger partial charge >= 0.3 is 61.8 Å². The molecule has 3 aromatic rings. The Morgan fingerprint density at radius 2 is 0.654 bits per heavy atom.